The molecule has 28 heavy (non-hydrogen) atoms. The first kappa shape index (κ1) is 20.1. The van der Waals surface area contributed by atoms with E-state index in [1.807, 2.05) is 0 Å². The lowest BCUT2D eigenvalue weighted by Crippen LogP contribution is -2.44. The van der Waals surface area contributed by atoms with Gasteiger partial charge in [-0.1, -0.05) is 30.2 Å². The Kier molecular flexibility index (Phi) is 5.97. The summed E-state index contributed by atoms with van der Waals surface area (Å²) in [5.41, 5.74) is 3.05. The van der Waals surface area contributed by atoms with Gasteiger partial charge in [-0.15, -0.1) is 0 Å². The molecule has 1 amide bonds. The molecule has 4 rings (SSSR count). The maximum Gasteiger partial charge on any atom is 0.244 e. The zero-order chi connectivity index (χ0) is 19.7. The van der Waals surface area contributed by atoms with E-state index in [0.29, 0.717) is 19.5 Å². The van der Waals surface area contributed by atoms with E-state index >= 15 is 0 Å². The summed E-state index contributed by atoms with van der Waals surface area (Å²) in [7, 11) is -3.63. The van der Waals surface area contributed by atoms with Crippen LogP contribution in [-0.2, 0) is 14.8 Å². The van der Waals surface area contributed by atoms with Crippen LogP contribution in [-0.4, -0.2) is 49.8 Å². The quantitative estimate of drug-likeness (QED) is 0.787. The van der Waals surface area contributed by atoms with Crippen LogP contribution in [0.3, 0.4) is 0 Å². The number of rotatable bonds is 5. The van der Waals surface area contributed by atoms with Crippen molar-refractivity contribution in [3.05, 3.63) is 29.3 Å². The summed E-state index contributed by atoms with van der Waals surface area (Å²) >= 11 is 6.11. The molecule has 1 N–H and O–H groups in total. The molecule has 0 radical (unpaired) electrons. The van der Waals surface area contributed by atoms with Crippen molar-refractivity contribution in [3.8, 4) is 0 Å². The maximum absolute atomic E-state index is 13.0. The highest BCUT2D eigenvalue weighted by Gasteiger charge is 2.37. The smallest absolute Gasteiger partial charge is 0.244 e. The second-order valence-electron chi connectivity index (χ2n) is 8.40. The SMILES string of the molecule is O=C(CC1CCCN(S(=O)(=O)c2ccccc2Cl)C1)NN1CC2CCCC2C1. The minimum absolute atomic E-state index is 0.00182. The van der Waals surface area contributed by atoms with Crippen molar-refractivity contribution in [2.75, 3.05) is 26.2 Å². The Balaban J connectivity index is 1.34. The van der Waals surface area contributed by atoms with E-state index < -0.39 is 10.0 Å². The fourth-order valence-corrected chi connectivity index (χ4v) is 7.06. The summed E-state index contributed by atoms with van der Waals surface area (Å²) in [4.78, 5) is 12.7. The molecule has 6 nitrogen and oxygen atoms in total. The first-order chi connectivity index (χ1) is 13.4. The Labute approximate surface area is 172 Å². The summed E-state index contributed by atoms with van der Waals surface area (Å²) in [6, 6.07) is 6.53. The van der Waals surface area contributed by atoms with Gasteiger partial charge in [0.15, 0.2) is 0 Å². The van der Waals surface area contributed by atoms with Gasteiger partial charge < -0.3 is 0 Å². The van der Waals surface area contributed by atoms with Gasteiger partial charge in [-0.25, -0.2) is 13.4 Å². The topological polar surface area (TPSA) is 69.7 Å². The van der Waals surface area contributed by atoms with Crippen LogP contribution in [0.5, 0.6) is 0 Å². The number of fused-ring (bicyclic) bond motifs is 1. The number of halogens is 1. The van der Waals surface area contributed by atoms with Crippen molar-refractivity contribution in [3.63, 3.8) is 0 Å². The molecule has 3 aliphatic rings. The van der Waals surface area contributed by atoms with Crippen LogP contribution >= 0.6 is 11.6 Å². The molecule has 1 aromatic carbocycles. The van der Waals surface area contributed by atoms with Crippen molar-refractivity contribution < 1.29 is 13.2 Å². The number of hydrazine groups is 1. The largest absolute Gasteiger partial charge is 0.289 e. The number of hydrogen-bond donors (Lipinski definition) is 1. The van der Waals surface area contributed by atoms with E-state index in [0.717, 1.165) is 37.8 Å². The van der Waals surface area contributed by atoms with Crippen molar-refractivity contribution in [1.29, 1.82) is 0 Å². The number of benzene rings is 1. The lowest BCUT2D eigenvalue weighted by Gasteiger charge is -2.32. The Morgan fingerprint density at radius 3 is 2.50 bits per heavy atom. The van der Waals surface area contributed by atoms with E-state index in [4.69, 9.17) is 11.6 Å². The van der Waals surface area contributed by atoms with Crippen LogP contribution in [0, 0.1) is 17.8 Å². The molecule has 0 bridgehead atoms. The van der Waals surface area contributed by atoms with E-state index in [-0.39, 0.29) is 21.7 Å². The first-order valence-electron chi connectivity index (χ1n) is 10.2. The fraction of sp³-hybridized carbons (Fsp3) is 0.650. The van der Waals surface area contributed by atoms with Gasteiger partial charge in [-0.2, -0.15) is 4.31 Å². The highest BCUT2D eigenvalue weighted by molar-refractivity contribution is 7.89. The Morgan fingerprint density at radius 1 is 1.07 bits per heavy atom. The van der Waals surface area contributed by atoms with E-state index in [2.05, 4.69) is 10.4 Å². The zero-order valence-electron chi connectivity index (χ0n) is 16.0. The molecule has 2 saturated heterocycles. The third kappa shape index (κ3) is 4.22. The molecule has 0 aromatic heterocycles. The highest BCUT2D eigenvalue weighted by atomic mass is 35.5. The van der Waals surface area contributed by atoms with Crippen LogP contribution < -0.4 is 5.43 Å². The van der Waals surface area contributed by atoms with Crippen LogP contribution in [0.1, 0.15) is 38.5 Å². The molecule has 1 saturated carbocycles. The molecular formula is C20H28ClN3O3S. The minimum Gasteiger partial charge on any atom is -0.289 e. The second kappa shape index (κ2) is 8.30. The van der Waals surface area contributed by atoms with Gasteiger partial charge in [-0.05, 0) is 55.6 Å². The van der Waals surface area contributed by atoms with Gasteiger partial charge >= 0.3 is 0 Å². The third-order valence-corrected chi connectivity index (χ3v) is 8.78. The van der Waals surface area contributed by atoms with E-state index in [1.165, 1.54) is 29.6 Å². The molecule has 2 heterocycles. The number of carbonyl (C=O) groups is 1. The summed E-state index contributed by atoms with van der Waals surface area (Å²) in [5, 5.41) is 2.31. The van der Waals surface area contributed by atoms with Crippen molar-refractivity contribution in [2.24, 2.45) is 17.8 Å². The number of amides is 1. The molecule has 3 fully saturated rings. The van der Waals surface area contributed by atoms with Gasteiger partial charge in [-0.3, -0.25) is 10.2 Å². The highest BCUT2D eigenvalue weighted by Crippen LogP contribution is 2.37. The number of piperidine rings is 1. The Morgan fingerprint density at radius 2 is 1.79 bits per heavy atom. The molecule has 0 spiro atoms. The summed E-state index contributed by atoms with van der Waals surface area (Å²) in [6.45, 7) is 2.75. The van der Waals surface area contributed by atoms with Gasteiger partial charge in [0.1, 0.15) is 4.90 Å². The van der Waals surface area contributed by atoms with Crippen LogP contribution in [0.2, 0.25) is 5.02 Å². The van der Waals surface area contributed by atoms with E-state index in [9.17, 15) is 13.2 Å². The van der Waals surface area contributed by atoms with Crippen molar-refractivity contribution >= 4 is 27.5 Å². The molecule has 2 aliphatic heterocycles. The lowest BCUT2D eigenvalue weighted by atomic mass is 9.96. The average Bonchev–Trinajstić information content (AvgIpc) is 3.23. The zero-order valence-corrected chi connectivity index (χ0v) is 17.6. The second-order valence-corrected chi connectivity index (χ2v) is 10.7. The monoisotopic (exact) mass is 425 g/mol. The Hall–Kier alpha value is -1.15. The van der Waals surface area contributed by atoms with Crippen molar-refractivity contribution in [2.45, 2.75) is 43.4 Å². The Bertz CT molecular complexity index is 820. The first-order valence-corrected chi connectivity index (χ1v) is 12.0. The molecule has 3 unspecified atom stereocenters. The van der Waals surface area contributed by atoms with Crippen LogP contribution in [0.25, 0.3) is 0 Å². The average molecular weight is 426 g/mol. The van der Waals surface area contributed by atoms with Gasteiger partial charge in [0.25, 0.3) is 0 Å². The van der Waals surface area contributed by atoms with E-state index in [1.54, 1.807) is 18.2 Å². The summed E-state index contributed by atoms with van der Waals surface area (Å²) < 4.78 is 27.4. The predicted molar refractivity (Wildman–Crippen MR) is 108 cm³/mol. The molecule has 3 atom stereocenters. The minimum atomic E-state index is -3.63. The maximum atomic E-state index is 13.0. The summed E-state index contributed by atoms with van der Waals surface area (Å²) in [6.07, 6.45) is 5.85. The van der Waals surface area contributed by atoms with Gasteiger partial charge in [0.2, 0.25) is 15.9 Å². The normalized spacial score (nSPS) is 29.0. The number of sulfonamides is 1. The number of nitrogens with zero attached hydrogens (tertiary/aromatic N) is 2. The van der Waals surface area contributed by atoms with Crippen LogP contribution in [0.15, 0.2) is 29.2 Å². The van der Waals surface area contributed by atoms with Gasteiger partial charge in [0.05, 0.1) is 5.02 Å². The molecule has 8 heteroatoms. The molecule has 1 aromatic rings. The lowest BCUT2D eigenvalue weighted by molar-refractivity contribution is -0.126. The third-order valence-electron chi connectivity index (χ3n) is 6.42. The number of carbonyl (C=O) groups excluding carboxylic acids is 1. The molecule has 154 valence electrons. The van der Waals surface area contributed by atoms with Crippen LogP contribution in [0.4, 0.5) is 0 Å². The predicted octanol–water partition coefficient (Wildman–Crippen LogP) is 2.89. The number of hydrogen-bond acceptors (Lipinski definition) is 4. The molecular weight excluding hydrogens is 398 g/mol. The van der Waals surface area contributed by atoms with Crippen molar-refractivity contribution in [1.82, 2.24) is 14.7 Å². The fourth-order valence-electron chi connectivity index (χ4n) is 5.02. The van der Waals surface area contributed by atoms with Gasteiger partial charge in [0, 0.05) is 32.6 Å². The standard InChI is InChI=1S/C20H28ClN3O3S/c21-18-8-1-2-9-19(18)28(26,27)24-10-4-5-15(12-24)11-20(25)22-23-13-16-6-3-7-17(16)14-23/h1-2,8-9,15-17H,3-7,10-14H2,(H,22,25). The number of nitrogens with one attached hydrogen (secondary N) is 1. The summed E-state index contributed by atoms with van der Waals surface area (Å²) in [5.74, 6) is 1.49. The molecule has 1 aliphatic carbocycles.